The number of anilines is 1. The Hall–Kier alpha value is -2.32. The second-order valence-electron chi connectivity index (χ2n) is 8.56. The number of halogens is 1. The van der Waals surface area contributed by atoms with E-state index < -0.39 is 16.9 Å². The zero-order chi connectivity index (χ0) is 22.1. The second-order valence-corrected chi connectivity index (χ2v) is 9.62. The molecular formula is C23H25BrN2O5. The van der Waals surface area contributed by atoms with Crippen molar-refractivity contribution in [3.05, 3.63) is 54.3 Å². The number of benzene rings is 1. The van der Waals surface area contributed by atoms with Crippen LogP contribution < -0.4 is 4.90 Å². The van der Waals surface area contributed by atoms with Gasteiger partial charge < -0.3 is 19.1 Å². The molecule has 2 aliphatic heterocycles. The van der Waals surface area contributed by atoms with Gasteiger partial charge in [0.05, 0.1) is 25.9 Å². The van der Waals surface area contributed by atoms with Crippen LogP contribution in [0.3, 0.4) is 0 Å². The number of methoxy groups -OCH3 is 3. The van der Waals surface area contributed by atoms with Crippen LogP contribution in [0, 0.1) is 17.3 Å². The Morgan fingerprint density at radius 2 is 2.06 bits per heavy atom. The van der Waals surface area contributed by atoms with Crippen molar-refractivity contribution in [1.82, 2.24) is 4.90 Å². The Bertz CT molecular complexity index is 1010. The van der Waals surface area contributed by atoms with Crippen LogP contribution in [-0.4, -0.2) is 62.4 Å². The molecule has 0 radical (unpaired) electrons. The molecule has 2 amide bonds. The summed E-state index contributed by atoms with van der Waals surface area (Å²) in [5, 5.41) is 0. The molecule has 6 atom stereocenters. The first-order valence-corrected chi connectivity index (χ1v) is 11.1. The third-order valence-electron chi connectivity index (χ3n) is 7.67. The number of carbonyl (C=O) groups is 2. The summed E-state index contributed by atoms with van der Waals surface area (Å²) in [4.78, 5) is 30.3. The molecule has 7 nitrogen and oxygen atoms in total. The monoisotopic (exact) mass is 488 g/mol. The lowest BCUT2D eigenvalue weighted by atomic mass is 9.55. The highest BCUT2D eigenvalue weighted by molar-refractivity contribution is 9.09. The third kappa shape index (κ3) is 2.17. The van der Waals surface area contributed by atoms with Crippen LogP contribution in [0.1, 0.15) is 5.56 Å². The van der Waals surface area contributed by atoms with E-state index in [1.165, 1.54) is 7.11 Å². The Balaban J connectivity index is 1.81. The van der Waals surface area contributed by atoms with Crippen LogP contribution in [0.25, 0.3) is 0 Å². The molecule has 2 aliphatic carbocycles. The van der Waals surface area contributed by atoms with E-state index in [1.54, 1.807) is 24.0 Å². The Morgan fingerprint density at radius 1 is 1.32 bits per heavy atom. The summed E-state index contributed by atoms with van der Waals surface area (Å²) in [5.74, 6) is 0.297. The van der Waals surface area contributed by atoms with Gasteiger partial charge in [0.1, 0.15) is 17.9 Å². The molecule has 1 aromatic rings. The molecule has 0 aromatic heterocycles. The number of amides is 2. The fourth-order valence-electron chi connectivity index (χ4n) is 6.66. The number of nitrogens with zero attached hydrogens (tertiary/aromatic N) is 2. The first-order chi connectivity index (χ1) is 14.9. The van der Waals surface area contributed by atoms with Crippen molar-refractivity contribution in [2.24, 2.45) is 17.3 Å². The Labute approximate surface area is 189 Å². The quantitative estimate of drug-likeness (QED) is 0.481. The van der Waals surface area contributed by atoms with E-state index in [0.717, 1.165) is 11.3 Å². The molecule has 2 heterocycles. The van der Waals surface area contributed by atoms with Crippen molar-refractivity contribution in [3.8, 4) is 0 Å². The smallest absolute Gasteiger partial charge is 0.409 e. The molecule has 1 spiro atoms. The maximum atomic E-state index is 14.3. The number of hydrogen-bond donors (Lipinski definition) is 0. The van der Waals surface area contributed by atoms with Gasteiger partial charge in [0.15, 0.2) is 0 Å². The van der Waals surface area contributed by atoms with Gasteiger partial charge >= 0.3 is 6.09 Å². The molecule has 164 valence electrons. The summed E-state index contributed by atoms with van der Waals surface area (Å²) >= 11 is 3.86. The first-order valence-electron chi connectivity index (χ1n) is 10.2. The zero-order valence-electron chi connectivity index (χ0n) is 17.7. The number of ether oxygens (including phenoxy) is 3. The van der Waals surface area contributed by atoms with Gasteiger partial charge in [-0.15, -0.1) is 6.58 Å². The van der Waals surface area contributed by atoms with Gasteiger partial charge in [0.2, 0.25) is 5.91 Å². The van der Waals surface area contributed by atoms with Crippen LogP contribution in [0.5, 0.6) is 0 Å². The Morgan fingerprint density at radius 3 is 2.71 bits per heavy atom. The minimum Gasteiger partial charge on any atom is -0.500 e. The van der Waals surface area contributed by atoms with Crippen molar-refractivity contribution in [2.75, 3.05) is 39.5 Å². The number of allylic oxidation sites excluding steroid dienone is 1. The molecule has 1 saturated carbocycles. The largest absolute Gasteiger partial charge is 0.500 e. The van der Waals surface area contributed by atoms with E-state index in [-0.39, 0.29) is 35.3 Å². The van der Waals surface area contributed by atoms with Gasteiger partial charge in [-0.3, -0.25) is 9.69 Å². The summed E-state index contributed by atoms with van der Waals surface area (Å²) < 4.78 is 16.4. The number of carbonyl (C=O) groups excluding carboxylic acids is 2. The Kier molecular flexibility index (Phi) is 4.54. The van der Waals surface area contributed by atoms with Gasteiger partial charge in [0.25, 0.3) is 0 Å². The number of alkyl halides is 1. The van der Waals surface area contributed by atoms with Gasteiger partial charge in [-0.05, 0) is 17.7 Å². The molecule has 5 rings (SSSR count). The number of para-hydroxylation sites is 1. The lowest BCUT2D eigenvalue weighted by Crippen LogP contribution is -2.55. The van der Waals surface area contributed by atoms with Crippen LogP contribution >= 0.6 is 15.9 Å². The van der Waals surface area contributed by atoms with Gasteiger partial charge in [-0.25, -0.2) is 4.79 Å². The lowest BCUT2D eigenvalue weighted by molar-refractivity contribution is -0.127. The average molecular weight is 489 g/mol. The fourth-order valence-corrected chi connectivity index (χ4v) is 7.90. The first kappa shape index (κ1) is 20.6. The average Bonchev–Trinajstić information content (AvgIpc) is 3.32. The van der Waals surface area contributed by atoms with Gasteiger partial charge in [0, 0.05) is 35.7 Å². The minimum absolute atomic E-state index is 0.0397. The molecule has 4 aliphatic rings. The second kappa shape index (κ2) is 6.84. The normalized spacial score (nSPS) is 37.2. The van der Waals surface area contributed by atoms with E-state index in [4.69, 9.17) is 14.2 Å². The molecule has 2 fully saturated rings. The maximum absolute atomic E-state index is 14.3. The van der Waals surface area contributed by atoms with Crippen molar-refractivity contribution < 1.29 is 23.8 Å². The SMILES string of the molecule is C=CC12CN(C(=O)OC)C3C(Br)C1C=C(OC)C1(C(=O)N(COC)c4ccccc41)C32. The van der Waals surface area contributed by atoms with Crippen molar-refractivity contribution in [3.63, 3.8) is 0 Å². The highest BCUT2D eigenvalue weighted by atomic mass is 79.9. The number of fused-ring (bicyclic) bond motifs is 2. The van der Waals surface area contributed by atoms with Crippen LogP contribution in [0.2, 0.25) is 0 Å². The summed E-state index contributed by atoms with van der Waals surface area (Å²) in [7, 11) is 4.56. The van der Waals surface area contributed by atoms with E-state index in [2.05, 4.69) is 28.6 Å². The molecule has 1 aromatic carbocycles. The highest BCUT2D eigenvalue weighted by Crippen LogP contribution is 2.71. The van der Waals surface area contributed by atoms with Crippen molar-refractivity contribution in [2.45, 2.75) is 16.3 Å². The topological polar surface area (TPSA) is 68.3 Å². The predicted octanol–water partition coefficient (Wildman–Crippen LogP) is 3.05. The number of piperidine rings is 1. The summed E-state index contributed by atoms with van der Waals surface area (Å²) in [6, 6.07) is 7.50. The number of rotatable bonds is 4. The summed E-state index contributed by atoms with van der Waals surface area (Å²) in [6.07, 6.45) is 3.60. The molecule has 4 bridgehead atoms. The highest BCUT2D eigenvalue weighted by Gasteiger charge is 2.78. The standard InChI is InChI=1S/C23H25BrN2O5/c1-5-22-11-25(21(28)31-4)18-17(24)14(22)10-16(30-3)23(19(18)22)13-8-6-7-9-15(13)26(12-29-2)20(23)27/h5-10,14,17-19H,1,11-12H2,2-4H3. The third-order valence-corrected chi connectivity index (χ3v) is 8.78. The maximum Gasteiger partial charge on any atom is 0.409 e. The minimum atomic E-state index is -1.08. The fraction of sp³-hybridized carbons (Fsp3) is 0.478. The molecule has 8 heteroatoms. The molecule has 1 saturated heterocycles. The molecular weight excluding hydrogens is 464 g/mol. The van der Waals surface area contributed by atoms with Crippen LogP contribution in [-0.2, 0) is 24.4 Å². The van der Waals surface area contributed by atoms with E-state index >= 15 is 0 Å². The van der Waals surface area contributed by atoms with E-state index in [1.807, 2.05) is 30.3 Å². The number of hydrogen-bond acceptors (Lipinski definition) is 5. The molecule has 0 N–H and O–H groups in total. The van der Waals surface area contributed by atoms with Crippen molar-refractivity contribution in [1.29, 1.82) is 0 Å². The summed E-state index contributed by atoms with van der Waals surface area (Å²) in [6.45, 7) is 4.75. The van der Waals surface area contributed by atoms with Crippen LogP contribution in [0.4, 0.5) is 10.5 Å². The van der Waals surface area contributed by atoms with Crippen molar-refractivity contribution >= 4 is 33.6 Å². The van der Waals surface area contributed by atoms with Gasteiger partial charge in [-0.2, -0.15) is 0 Å². The lowest BCUT2D eigenvalue weighted by Gasteiger charge is -2.46. The number of likely N-dealkylation sites (tertiary alicyclic amines) is 1. The van der Waals surface area contributed by atoms with Crippen LogP contribution in [0.15, 0.2) is 48.8 Å². The molecule has 6 unspecified atom stereocenters. The van der Waals surface area contributed by atoms with Gasteiger partial charge in [-0.1, -0.05) is 40.2 Å². The van der Waals surface area contributed by atoms with E-state index in [0.29, 0.717) is 12.3 Å². The molecule has 31 heavy (non-hydrogen) atoms. The van der Waals surface area contributed by atoms with E-state index in [9.17, 15) is 9.59 Å². The predicted molar refractivity (Wildman–Crippen MR) is 118 cm³/mol. The zero-order valence-corrected chi connectivity index (χ0v) is 19.3. The summed E-state index contributed by atoms with van der Waals surface area (Å²) in [5.41, 5.74) is 0.0981.